The Balaban J connectivity index is 4.60. The second kappa shape index (κ2) is 38.6. The number of aliphatic hydroxyl groups is 1. The van der Waals surface area contributed by atoms with E-state index in [0.717, 1.165) is 57.8 Å². The van der Waals surface area contributed by atoms with E-state index in [-0.39, 0.29) is 12.8 Å². The first kappa shape index (κ1) is 54.1. The van der Waals surface area contributed by atoms with Gasteiger partial charge in [0, 0.05) is 12.8 Å². The number of nitrogens with two attached hydrogens (primary N) is 1. The van der Waals surface area contributed by atoms with Crippen LogP contribution in [-0.2, 0) is 37.5 Å². The fourth-order valence-corrected chi connectivity index (χ4v) is 6.17. The molecule has 13 heteroatoms. The van der Waals surface area contributed by atoms with Crippen molar-refractivity contribution in [1.29, 1.82) is 0 Å². The summed E-state index contributed by atoms with van der Waals surface area (Å²) in [5, 5.41) is 19.2. The number of rotatable bonds is 39. The number of phosphoric ester groups is 1. The molecule has 1 unspecified atom stereocenters. The Morgan fingerprint density at radius 2 is 1.14 bits per heavy atom. The predicted molar refractivity (Wildman–Crippen MR) is 227 cm³/mol. The van der Waals surface area contributed by atoms with Crippen LogP contribution in [-0.4, -0.2) is 71.1 Å². The van der Waals surface area contributed by atoms with Crippen molar-refractivity contribution >= 4 is 25.7 Å². The molecular formula is C44H76NO11P. The number of carboxylic acid groups (broad SMARTS) is 1. The standard InChI is InChI=1S/C44H76NO11P/c1-3-5-7-9-11-13-15-17-18-20-22-24-26-28-30-34-42(47)53-36-40(37-54-57(51,52)55-38-41(45)44(49)50)56-43(48)35-31-33-39(46)32-29-27-25-23-21-19-16-14-12-10-8-6-4-2/h12,14,17-19,21,25,27,29,32,39-41,46H,3-11,13,15-16,20,22-24,26,28,30-31,33-38,45H2,1-2H3,(H,49,50)(H,51,52)/b14-12-,18-17-,21-19-,27-25-,32-29+/t39-,40+,41-/m0/s1. The molecule has 0 saturated heterocycles. The lowest BCUT2D eigenvalue weighted by Gasteiger charge is -2.20. The fraction of sp³-hybridized carbons (Fsp3) is 0.705. The summed E-state index contributed by atoms with van der Waals surface area (Å²) in [6.45, 7) is 2.55. The van der Waals surface area contributed by atoms with Crippen molar-refractivity contribution < 1.29 is 52.6 Å². The molecule has 0 saturated carbocycles. The van der Waals surface area contributed by atoms with Gasteiger partial charge in [-0.25, -0.2) is 4.57 Å². The van der Waals surface area contributed by atoms with Crippen molar-refractivity contribution in [2.45, 2.75) is 180 Å². The average Bonchev–Trinajstić information content (AvgIpc) is 3.18. The molecule has 12 nitrogen and oxygen atoms in total. The SMILES string of the molecule is CCCCC/C=C\C/C=C\C/C=C\C=C\[C@H](O)CCCC(=O)O[C@H](COC(=O)CCCCCCC/C=C\CCCCCCCC)COP(=O)(O)OC[C@H](N)C(=O)O. The maximum atomic E-state index is 12.6. The number of esters is 2. The molecule has 0 fully saturated rings. The lowest BCUT2D eigenvalue weighted by atomic mass is 10.1. The maximum Gasteiger partial charge on any atom is 0.472 e. The molecular weight excluding hydrogens is 749 g/mol. The van der Waals surface area contributed by atoms with Crippen molar-refractivity contribution in [2.75, 3.05) is 19.8 Å². The summed E-state index contributed by atoms with van der Waals surface area (Å²) in [5.74, 6) is -2.62. The van der Waals surface area contributed by atoms with Crippen molar-refractivity contribution in [2.24, 2.45) is 5.73 Å². The van der Waals surface area contributed by atoms with E-state index in [1.807, 2.05) is 12.2 Å². The third-order valence-electron chi connectivity index (χ3n) is 8.84. The van der Waals surface area contributed by atoms with Crippen molar-refractivity contribution in [3.05, 3.63) is 60.8 Å². The van der Waals surface area contributed by atoms with Gasteiger partial charge in [-0.05, 0) is 70.6 Å². The van der Waals surface area contributed by atoms with Gasteiger partial charge in [0.15, 0.2) is 6.10 Å². The number of aliphatic hydroxyl groups excluding tert-OH is 1. The summed E-state index contributed by atoms with van der Waals surface area (Å²) in [5.41, 5.74) is 5.32. The lowest BCUT2D eigenvalue weighted by molar-refractivity contribution is -0.161. The average molecular weight is 826 g/mol. The van der Waals surface area contributed by atoms with Crippen LogP contribution in [0.2, 0.25) is 0 Å². The van der Waals surface area contributed by atoms with Gasteiger partial charge in [-0.15, -0.1) is 0 Å². The highest BCUT2D eigenvalue weighted by molar-refractivity contribution is 7.47. The summed E-state index contributed by atoms with van der Waals surface area (Å²) < 4.78 is 32.5. The summed E-state index contributed by atoms with van der Waals surface area (Å²) in [6, 6.07) is -1.55. The first-order valence-electron chi connectivity index (χ1n) is 21.4. The van der Waals surface area contributed by atoms with E-state index in [2.05, 4.69) is 54.8 Å². The summed E-state index contributed by atoms with van der Waals surface area (Å²) in [4.78, 5) is 45.9. The monoisotopic (exact) mass is 826 g/mol. The number of phosphoric acid groups is 1. The Morgan fingerprint density at radius 1 is 0.632 bits per heavy atom. The number of unbranched alkanes of at least 4 members (excludes halogenated alkanes) is 14. The van der Waals surface area contributed by atoms with Crippen LogP contribution in [0, 0.1) is 0 Å². The molecule has 0 aromatic rings. The number of carboxylic acids is 1. The quantitative estimate of drug-likeness (QED) is 0.0151. The molecule has 0 aromatic heterocycles. The van der Waals surface area contributed by atoms with Gasteiger partial charge in [0.1, 0.15) is 12.6 Å². The Bertz CT molecular complexity index is 1220. The second-order valence-electron chi connectivity index (χ2n) is 14.3. The molecule has 0 amide bonds. The number of hydrogen-bond acceptors (Lipinski definition) is 10. The van der Waals surface area contributed by atoms with Gasteiger partial charge in [-0.3, -0.25) is 23.4 Å². The zero-order chi connectivity index (χ0) is 42.2. The van der Waals surface area contributed by atoms with E-state index >= 15 is 0 Å². The van der Waals surface area contributed by atoms with E-state index in [1.54, 1.807) is 12.2 Å². The Hall–Kier alpha value is -2.86. The number of carbonyl (C=O) groups excluding carboxylic acids is 2. The Morgan fingerprint density at radius 3 is 1.79 bits per heavy atom. The summed E-state index contributed by atoms with van der Waals surface area (Å²) in [7, 11) is -4.77. The highest BCUT2D eigenvalue weighted by Crippen LogP contribution is 2.43. The summed E-state index contributed by atoms with van der Waals surface area (Å²) in [6.07, 6.45) is 40.3. The van der Waals surface area contributed by atoms with Gasteiger partial charge < -0.3 is 30.3 Å². The van der Waals surface area contributed by atoms with Crippen LogP contribution in [0.3, 0.4) is 0 Å². The fourth-order valence-electron chi connectivity index (χ4n) is 5.40. The minimum Gasteiger partial charge on any atom is -0.480 e. The van der Waals surface area contributed by atoms with Crippen LogP contribution in [0.15, 0.2) is 60.8 Å². The van der Waals surface area contributed by atoms with Crippen LogP contribution < -0.4 is 5.73 Å². The predicted octanol–water partition coefficient (Wildman–Crippen LogP) is 10.1. The number of allylic oxidation sites excluding steroid dienone is 9. The van der Waals surface area contributed by atoms with Gasteiger partial charge in [-0.1, -0.05) is 139 Å². The van der Waals surface area contributed by atoms with Crippen LogP contribution in [0.25, 0.3) is 0 Å². The van der Waals surface area contributed by atoms with Gasteiger partial charge in [0.05, 0.1) is 19.3 Å². The molecule has 0 aliphatic heterocycles. The molecule has 0 aromatic carbocycles. The van der Waals surface area contributed by atoms with Crippen LogP contribution in [0.4, 0.5) is 0 Å². The molecule has 0 radical (unpaired) electrons. The van der Waals surface area contributed by atoms with Crippen LogP contribution >= 0.6 is 7.82 Å². The molecule has 0 spiro atoms. The minimum absolute atomic E-state index is 0.0707. The van der Waals surface area contributed by atoms with Crippen molar-refractivity contribution in [3.63, 3.8) is 0 Å². The third kappa shape index (κ3) is 38.4. The van der Waals surface area contributed by atoms with E-state index in [4.69, 9.17) is 24.8 Å². The molecule has 5 N–H and O–H groups in total. The van der Waals surface area contributed by atoms with Crippen molar-refractivity contribution in [3.8, 4) is 0 Å². The molecule has 4 atom stereocenters. The minimum atomic E-state index is -4.77. The molecule has 328 valence electrons. The first-order chi connectivity index (χ1) is 27.5. The second-order valence-corrected chi connectivity index (χ2v) is 15.8. The molecule has 57 heavy (non-hydrogen) atoms. The zero-order valence-electron chi connectivity index (χ0n) is 35.0. The first-order valence-corrected chi connectivity index (χ1v) is 22.9. The van der Waals surface area contributed by atoms with E-state index in [1.165, 1.54) is 57.8 Å². The van der Waals surface area contributed by atoms with Crippen LogP contribution in [0.1, 0.15) is 162 Å². The zero-order valence-corrected chi connectivity index (χ0v) is 35.9. The topological polar surface area (TPSA) is 192 Å². The third-order valence-corrected chi connectivity index (χ3v) is 9.79. The van der Waals surface area contributed by atoms with Crippen LogP contribution in [0.5, 0.6) is 0 Å². The number of hydrogen-bond donors (Lipinski definition) is 4. The Kier molecular flexibility index (Phi) is 36.7. The van der Waals surface area contributed by atoms with Gasteiger partial charge in [0.2, 0.25) is 0 Å². The smallest absolute Gasteiger partial charge is 0.472 e. The van der Waals surface area contributed by atoms with Gasteiger partial charge >= 0.3 is 25.7 Å². The largest absolute Gasteiger partial charge is 0.480 e. The Labute approximate surface area is 343 Å². The molecule has 0 aliphatic rings. The van der Waals surface area contributed by atoms with E-state index in [9.17, 15) is 28.9 Å². The van der Waals surface area contributed by atoms with Crippen molar-refractivity contribution in [1.82, 2.24) is 0 Å². The van der Waals surface area contributed by atoms with Gasteiger partial charge in [0.25, 0.3) is 0 Å². The highest BCUT2D eigenvalue weighted by atomic mass is 31.2. The molecule has 0 rings (SSSR count). The number of ether oxygens (including phenoxy) is 2. The molecule has 0 aliphatic carbocycles. The van der Waals surface area contributed by atoms with E-state index < -0.39 is 63.8 Å². The number of aliphatic carboxylic acids is 1. The van der Waals surface area contributed by atoms with Gasteiger partial charge in [-0.2, -0.15) is 0 Å². The molecule has 0 bridgehead atoms. The normalized spacial score (nSPS) is 14.9. The van der Waals surface area contributed by atoms with E-state index in [0.29, 0.717) is 19.3 Å². The highest BCUT2D eigenvalue weighted by Gasteiger charge is 2.28. The lowest BCUT2D eigenvalue weighted by Crippen LogP contribution is -2.34. The molecule has 0 heterocycles. The summed E-state index contributed by atoms with van der Waals surface area (Å²) >= 11 is 0. The maximum absolute atomic E-state index is 12.6. The number of carbonyl (C=O) groups is 3.